The van der Waals surface area contributed by atoms with Gasteiger partial charge in [0.05, 0.1) is 13.2 Å². The Bertz CT molecular complexity index is 331. The summed E-state index contributed by atoms with van der Waals surface area (Å²) in [6, 6.07) is 0. The summed E-state index contributed by atoms with van der Waals surface area (Å²) in [6.45, 7) is 0.888. The Hall–Kier alpha value is 0.354. The second-order valence-electron chi connectivity index (χ2n) is 5.63. The van der Waals surface area contributed by atoms with Crippen molar-refractivity contribution in [3.8, 4) is 0 Å². The van der Waals surface area contributed by atoms with Crippen molar-refractivity contribution in [2.45, 2.75) is 18.9 Å². The van der Waals surface area contributed by atoms with Gasteiger partial charge in [-0.1, -0.05) is 0 Å². The fourth-order valence-corrected chi connectivity index (χ4v) is 19.2. The van der Waals surface area contributed by atoms with Crippen LogP contribution in [0.1, 0.15) is 0 Å². The molecule has 0 atom stereocenters. The van der Waals surface area contributed by atoms with E-state index in [1.165, 1.54) is 0 Å². The fraction of sp³-hybridized carbons (Fsp3) is 1.00. The average Bonchev–Trinajstić information content (AvgIpc) is 2.96. The van der Waals surface area contributed by atoms with Gasteiger partial charge in [-0.15, -0.1) is 0 Å². The van der Waals surface area contributed by atoms with Crippen molar-refractivity contribution in [2.75, 3.05) is 26.4 Å². The van der Waals surface area contributed by atoms with Crippen LogP contribution in [0.25, 0.3) is 0 Å². The molecule has 0 aliphatic carbocycles. The maximum absolute atomic E-state index is 12.6. The second kappa shape index (κ2) is 2.07. The third-order valence-electron chi connectivity index (χ3n) is 4.58. The van der Waals surface area contributed by atoms with Crippen molar-refractivity contribution >= 4 is 0 Å². The third-order valence-corrected chi connectivity index (χ3v) is 18.3. The van der Waals surface area contributed by atoms with Gasteiger partial charge < -0.3 is 10.2 Å². The molecule has 3 rings (SSSR count). The van der Waals surface area contributed by atoms with Crippen LogP contribution in [0.15, 0.2) is 0 Å². The predicted octanol–water partition coefficient (Wildman–Crippen LogP) is 0.641. The van der Waals surface area contributed by atoms with E-state index in [0.29, 0.717) is 13.2 Å². The minimum atomic E-state index is -4.48. The first-order chi connectivity index (χ1) is 6.40. The topological polar surface area (TPSA) is 76.0 Å². The molecule has 3 aliphatic heterocycles. The van der Waals surface area contributed by atoms with Gasteiger partial charge in [-0.2, -0.15) is 0 Å². The van der Waals surface area contributed by atoms with Gasteiger partial charge in [-0.05, 0) is 0 Å². The van der Waals surface area contributed by atoms with Crippen LogP contribution in [0.2, 0.25) is 18.9 Å². The molecule has 14 heavy (non-hydrogen) atoms. The van der Waals surface area contributed by atoms with Gasteiger partial charge in [0, 0.05) is 0 Å². The Morgan fingerprint density at radius 1 is 0.929 bits per heavy atom. The Labute approximate surface area is 79.2 Å². The fourth-order valence-electron chi connectivity index (χ4n) is 2.61. The van der Waals surface area contributed by atoms with E-state index in [-0.39, 0.29) is 13.2 Å². The standard InChI is InChI=1S/C2H6O2.C2H4O2.2C2H4.O.Ti/c2*3-1-2-4;2*1-2;;/h3-4H,1-2H2;1-2H2;2*1-2H2;;/q;-2;;;;+2. The molecule has 2 N–H and O–H groups in total. The summed E-state index contributed by atoms with van der Waals surface area (Å²) in [7, 11) is 0. The van der Waals surface area contributed by atoms with Crippen molar-refractivity contribution < 1.29 is 33.7 Å². The summed E-state index contributed by atoms with van der Waals surface area (Å²) in [5.41, 5.74) is 0. The first kappa shape index (κ1) is 10.9. The number of aliphatic hydroxyl groups excluding tert-OH is 2. The Balaban J connectivity index is 0.000000165. The van der Waals surface area contributed by atoms with Crippen LogP contribution in [0.4, 0.5) is 0 Å². The Kier molecular flexibility index (Phi) is 1.61. The van der Waals surface area contributed by atoms with E-state index in [9.17, 15) is 3.32 Å². The van der Waals surface area contributed by atoms with E-state index in [4.69, 9.17) is 16.8 Å². The Morgan fingerprint density at radius 2 is 1.29 bits per heavy atom. The van der Waals surface area contributed by atoms with Crippen LogP contribution in [-0.2, 0) is 23.4 Å². The molecular formula is C8H18O5Ti. The summed E-state index contributed by atoms with van der Waals surface area (Å²) in [6.07, 6.45) is 0. The van der Waals surface area contributed by atoms with Gasteiger partial charge in [-0.25, -0.2) is 0 Å². The molecule has 0 aromatic rings. The van der Waals surface area contributed by atoms with Gasteiger partial charge >= 0.3 is 55.6 Å². The van der Waals surface area contributed by atoms with Crippen LogP contribution in [0.3, 0.4) is 0 Å². The van der Waals surface area contributed by atoms with Crippen LogP contribution >= 0.6 is 0 Å². The Morgan fingerprint density at radius 3 is 1.43 bits per heavy atom. The molecule has 3 aliphatic rings. The van der Waals surface area contributed by atoms with Crippen LogP contribution in [0, 0.1) is 0 Å². The second-order valence-corrected chi connectivity index (χ2v) is 20.5. The molecule has 3 fully saturated rings. The molecular weight excluding hydrogens is 224 g/mol. The van der Waals surface area contributed by atoms with Gasteiger partial charge in [0.15, 0.2) is 0 Å². The first-order valence-electron chi connectivity index (χ1n) is 5.24. The van der Waals surface area contributed by atoms with Crippen LogP contribution in [0.5, 0.6) is 0 Å². The molecule has 3 saturated heterocycles. The van der Waals surface area contributed by atoms with E-state index in [1.54, 1.807) is 0 Å². The molecule has 84 valence electrons. The molecule has 5 nitrogen and oxygen atoms in total. The van der Waals surface area contributed by atoms with E-state index < -0.39 is 13.5 Å². The molecule has 0 aromatic carbocycles. The molecule has 1 spiro atoms. The maximum atomic E-state index is 12.6. The molecule has 3 heterocycles. The summed E-state index contributed by atoms with van der Waals surface area (Å²) in [5, 5.41) is 15.2. The summed E-state index contributed by atoms with van der Waals surface area (Å²) < 4.78 is 26.6. The molecule has 0 amide bonds. The molecule has 0 aromatic heterocycles. The van der Waals surface area contributed by atoms with Gasteiger partial charge in [0.2, 0.25) is 0 Å². The summed E-state index contributed by atoms with van der Waals surface area (Å²) >= 11 is -4.48. The van der Waals surface area contributed by atoms with Gasteiger partial charge in [0.1, 0.15) is 0 Å². The summed E-state index contributed by atoms with van der Waals surface area (Å²) in [4.78, 5) is 0. The first-order valence-corrected chi connectivity index (χ1v) is 11.6. The normalized spacial score (nSPS) is 44.0. The van der Waals surface area contributed by atoms with Crippen LogP contribution < -0.4 is 0 Å². The average molecular weight is 242 g/mol. The SMILES string of the molecule is OCCO.[O]=[Ti]123([CH2][CH2]1)([CH2][CH2]2)[O]CC[O]3. The molecule has 0 unspecified atom stereocenters. The van der Waals surface area contributed by atoms with Crippen molar-refractivity contribution in [1.82, 2.24) is 0 Å². The zero-order valence-corrected chi connectivity index (χ0v) is 9.84. The molecule has 0 bridgehead atoms. The van der Waals surface area contributed by atoms with Crippen molar-refractivity contribution in [1.29, 1.82) is 0 Å². The van der Waals surface area contributed by atoms with Gasteiger partial charge in [0.25, 0.3) is 0 Å². The van der Waals surface area contributed by atoms with E-state index >= 15 is 0 Å². The molecule has 0 radical (unpaired) electrons. The van der Waals surface area contributed by atoms with Crippen molar-refractivity contribution in [2.24, 2.45) is 0 Å². The van der Waals surface area contributed by atoms with E-state index in [0.717, 1.165) is 18.9 Å². The quantitative estimate of drug-likeness (QED) is 0.660. The van der Waals surface area contributed by atoms with Crippen molar-refractivity contribution in [3.63, 3.8) is 0 Å². The predicted molar refractivity (Wildman–Crippen MR) is 46.0 cm³/mol. The summed E-state index contributed by atoms with van der Waals surface area (Å²) in [5.74, 6) is 0. The zero-order valence-electron chi connectivity index (χ0n) is 8.28. The van der Waals surface area contributed by atoms with Crippen LogP contribution in [-0.4, -0.2) is 36.6 Å². The monoisotopic (exact) mass is 242 g/mol. The van der Waals surface area contributed by atoms with Gasteiger partial charge in [-0.3, -0.25) is 0 Å². The zero-order chi connectivity index (χ0) is 10.4. The van der Waals surface area contributed by atoms with E-state index in [1.807, 2.05) is 0 Å². The van der Waals surface area contributed by atoms with E-state index in [2.05, 4.69) is 0 Å². The molecule has 6 heteroatoms. The number of rotatable bonds is 1. The number of hydrogen-bond donors (Lipinski definition) is 2. The number of hydrogen-bond acceptors (Lipinski definition) is 5. The minimum absolute atomic E-state index is 0.125. The van der Waals surface area contributed by atoms with Crippen molar-refractivity contribution in [3.05, 3.63) is 0 Å². The number of aliphatic hydroxyl groups is 2. The molecule has 0 saturated carbocycles. The third kappa shape index (κ3) is 1.08.